The molecule has 0 amide bonds. The van der Waals surface area contributed by atoms with Gasteiger partial charge < -0.3 is 15.2 Å². The largest absolute Gasteiger partial charge is 0.478 e. The van der Waals surface area contributed by atoms with E-state index in [0.717, 1.165) is 31.6 Å². The minimum atomic E-state index is -0.608. The van der Waals surface area contributed by atoms with Crippen LogP contribution in [0.15, 0.2) is 12.4 Å². The zero-order chi connectivity index (χ0) is 13.7. The van der Waals surface area contributed by atoms with Crippen molar-refractivity contribution in [2.24, 2.45) is 5.92 Å². The number of ether oxygens (including phenoxy) is 1. The molecule has 5 heteroatoms. The molecule has 1 heterocycles. The molecule has 0 atom stereocenters. The zero-order valence-electron chi connectivity index (χ0n) is 11.7. The van der Waals surface area contributed by atoms with Crippen LogP contribution in [0.2, 0.25) is 0 Å². The fraction of sp³-hybridized carbons (Fsp3) is 0.714. The van der Waals surface area contributed by atoms with E-state index in [-0.39, 0.29) is 0 Å². The topological polar surface area (TPSA) is 67.3 Å². The third kappa shape index (κ3) is 4.06. The maximum atomic E-state index is 10.5. The standard InChI is InChI=1S/C14H23N3O2/c1-3-19-13-8-12(16-10-17-13)15-9-14(18)6-4-11(2)5-7-14/h8,10-11,18H,3-7,9H2,1-2H3,(H,15,16,17). The number of rotatable bonds is 5. The molecular weight excluding hydrogens is 242 g/mol. The Kier molecular flexibility index (Phi) is 4.58. The van der Waals surface area contributed by atoms with E-state index >= 15 is 0 Å². The van der Waals surface area contributed by atoms with Gasteiger partial charge in [0.2, 0.25) is 5.88 Å². The highest BCUT2D eigenvalue weighted by atomic mass is 16.5. The summed E-state index contributed by atoms with van der Waals surface area (Å²) in [7, 11) is 0. The van der Waals surface area contributed by atoms with Gasteiger partial charge in [-0.1, -0.05) is 6.92 Å². The zero-order valence-corrected chi connectivity index (χ0v) is 11.7. The maximum Gasteiger partial charge on any atom is 0.218 e. The van der Waals surface area contributed by atoms with Gasteiger partial charge in [-0.25, -0.2) is 9.97 Å². The van der Waals surface area contributed by atoms with Crippen molar-refractivity contribution in [2.45, 2.75) is 45.1 Å². The van der Waals surface area contributed by atoms with Crippen LogP contribution >= 0.6 is 0 Å². The molecule has 1 saturated carbocycles. The highest BCUT2D eigenvalue weighted by molar-refractivity contribution is 5.37. The van der Waals surface area contributed by atoms with Crippen LogP contribution in [0.1, 0.15) is 39.5 Å². The molecule has 19 heavy (non-hydrogen) atoms. The molecule has 0 aromatic carbocycles. The summed E-state index contributed by atoms with van der Waals surface area (Å²) < 4.78 is 5.32. The Morgan fingerprint density at radius 2 is 2.16 bits per heavy atom. The van der Waals surface area contributed by atoms with E-state index < -0.39 is 5.60 Å². The van der Waals surface area contributed by atoms with Crippen LogP contribution in [0.3, 0.4) is 0 Å². The number of nitrogens with zero attached hydrogens (tertiary/aromatic N) is 2. The van der Waals surface area contributed by atoms with Crippen molar-refractivity contribution < 1.29 is 9.84 Å². The first-order chi connectivity index (χ1) is 9.11. The Morgan fingerprint density at radius 3 is 2.84 bits per heavy atom. The lowest BCUT2D eigenvalue weighted by molar-refractivity contribution is 0.00494. The molecule has 106 valence electrons. The van der Waals surface area contributed by atoms with Gasteiger partial charge in [0.25, 0.3) is 0 Å². The highest BCUT2D eigenvalue weighted by Gasteiger charge is 2.31. The van der Waals surface area contributed by atoms with Crippen molar-refractivity contribution >= 4 is 5.82 Å². The summed E-state index contributed by atoms with van der Waals surface area (Å²) in [6.07, 6.45) is 5.35. The Labute approximate surface area is 114 Å². The average Bonchev–Trinajstić information content (AvgIpc) is 2.41. The molecule has 0 saturated heterocycles. The molecule has 1 fully saturated rings. The minimum absolute atomic E-state index is 0.530. The van der Waals surface area contributed by atoms with E-state index in [9.17, 15) is 5.11 Å². The Hall–Kier alpha value is -1.36. The van der Waals surface area contributed by atoms with Crippen LogP contribution in [0.5, 0.6) is 5.88 Å². The number of hydrogen-bond acceptors (Lipinski definition) is 5. The monoisotopic (exact) mass is 265 g/mol. The van der Waals surface area contributed by atoms with Crippen LogP contribution in [0.25, 0.3) is 0 Å². The summed E-state index contributed by atoms with van der Waals surface area (Å²) in [5.41, 5.74) is -0.608. The molecule has 0 bridgehead atoms. The summed E-state index contributed by atoms with van der Waals surface area (Å²) in [6, 6.07) is 1.76. The van der Waals surface area contributed by atoms with Gasteiger partial charge in [0.1, 0.15) is 12.1 Å². The SMILES string of the molecule is CCOc1cc(NCC2(O)CCC(C)CC2)ncn1. The van der Waals surface area contributed by atoms with Crippen molar-refractivity contribution in [3.8, 4) is 5.88 Å². The molecule has 2 N–H and O–H groups in total. The fourth-order valence-corrected chi connectivity index (χ4v) is 2.39. The van der Waals surface area contributed by atoms with Crippen molar-refractivity contribution in [3.63, 3.8) is 0 Å². The Balaban J connectivity index is 1.89. The number of aromatic nitrogens is 2. The highest BCUT2D eigenvalue weighted by Crippen LogP contribution is 2.31. The lowest BCUT2D eigenvalue weighted by atomic mass is 9.79. The number of aliphatic hydroxyl groups is 1. The second kappa shape index (κ2) is 6.19. The summed E-state index contributed by atoms with van der Waals surface area (Å²) in [5, 5.41) is 13.7. The van der Waals surface area contributed by atoms with E-state index in [4.69, 9.17) is 4.74 Å². The van der Waals surface area contributed by atoms with Crippen molar-refractivity contribution in [1.82, 2.24) is 9.97 Å². The quantitative estimate of drug-likeness (QED) is 0.854. The van der Waals surface area contributed by atoms with Gasteiger partial charge in [-0.05, 0) is 38.5 Å². The minimum Gasteiger partial charge on any atom is -0.478 e. The van der Waals surface area contributed by atoms with Crippen molar-refractivity contribution in [1.29, 1.82) is 0 Å². The molecule has 0 aliphatic heterocycles. The average molecular weight is 265 g/mol. The van der Waals surface area contributed by atoms with Crippen LogP contribution in [0, 0.1) is 5.92 Å². The number of hydrogen-bond donors (Lipinski definition) is 2. The molecule has 0 spiro atoms. The molecule has 0 radical (unpaired) electrons. The van der Waals surface area contributed by atoms with E-state index in [0.29, 0.717) is 24.8 Å². The van der Waals surface area contributed by atoms with Crippen LogP contribution in [-0.2, 0) is 0 Å². The number of anilines is 1. The Bertz CT molecular complexity index is 403. The van der Waals surface area contributed by atoms with Crippen LogP contribution < -0.4 is 10.1 Å². The molecule has 5 nitrogen and oxygen atoms in total. The van der Waals surface area contributed by atoms with E-state index in [1.165, 1.54) is 6.33 Å². The van der Waals surface area contributed by atoms with E-state index in [1.54, 1.807) is 6.07 Å². The molecular formula is C14H23N3O2. The third-order valence-electron chi connectivity index (χ3n) is 3.74. The molecule has 1 aromatic rings. The first kappa shape index (κ1) is 14.1. The smallest absolute Gasteiger partial charge is 0.218 e. The third-order valence-corrected chi connectivity index (χ3v) is 3.74. The molecule has 1 aliphatic rings. The molecule has 1 aliphatic carbocycles. The maximum absolute atomic E-state index is 10.5. The fourth-order valence-electron chi connectivity index (χ4n) is 2.39. The van der Waals surface area contributed by atoms with Crippen molar-refractivity contribution in [2.75, 3.05) is 18.5 Å². The second-order valence-corrected chi connectivity index (χ2v) is 5.43. The van der Waals surface area contributed by atoms with Gasteiger partial charge in [-0.15, -0.1) is 0 Å². The van der Waals surface area contributed by atoms with Crippen LogP contribution in [-0.4, -0.2) is 33.8 Å². The first-order valence-electron chi connectivity index (χ1n) is 7.02. The summed E-state index contributed by atoms with van der Waals surface area (Å²) >= 11 is 0. The normalized spacial score (nSPS) is 27.0. The predicted octanol–water partition coefficient (Wildman–Crippen LogP) is 2.23. The van der Waals surface area contributed by atoms with Gasteiger partial charge in [0.05, 0.1) is 12.2 Å². The summed E-state index contributed by atoms with van der Waals surface area (Å²) in [4.78, 5) is 8.15. The van der Waals surface area contributed by atoms with Gasteiger partial charge in [0.15, 0.2) is 0 Å². The number of nitrogens with one attached hydrogen (secondary N) is 1. The lowest BCUT2D eigenvalue weighted by Crippen LogP contribution is -2.40. The van der Waals surface area contributed by atoms with Gasteiger partial charge in [0, 0.05) is 12.6 Å². The van der Waals surface area contributed by atoms with E-state index in [2.05, 4.69) is 22.2 Å². The second-order valence-electron chi connectivity index (χ2n) is 5.43. The molecule has 2 rings (SSSR count). The van der Waals surface area contributed by atoms with Gasteiger partial charge >= 0.3 is 0 Å². The molecule has 1 aromatic heterocycles. The molecule has 0 unspecified atom stereocenters. The lowest BCUT2D eigenvalue weighted by Gasteiger charge is -2.35. The summed E-state index contributed by atoms with van der Waals surface area (Å²) in [6.45, 7) is 5.27. The predicted molar refractivity (Wildman–Crippen MR) is 74.3 cm³/mol. The van der Waals surface area contributed by atoms with Crippen molar-refractivity contribution in [3.05, 3.63) is 12.4 Å². The van der Waals surface area contributed by atoms with Gasteiger partial charge in [-0.2, -0.15) is 0 Å². The Morgan fingerprint density at radius 1 is 1.42 bits per heavy atom. The van der Waals surface area contributed by atoms with Crippen LogP contribution in [0.4, 0.5) is 5.82 Å². The van der Waals surface area contributed by atoms with E-state index in [1.807, 2.05) is 6.92 Å². The summed E-state index contributed by atoms with van der Waals surface area (Å²) in [5.74, 6) is 1.98. The first-order valence-corrected chi connectivity index (χ1v) is 7.02. The van der Waals surface area contributed by atoms with Gasteiger partial charge in [-0.3, -0.25) is 0 Å².